The molecule has 0 saturated carbocycles. The Morgan fingerprint density at radius 3 is 1.87 bits per heavy atom. The molecule has 1 rings (SSSR count). The second-order valence-corrected chi connectivity index (χ2v) is 6.23. The summed E-state index contributed by atoms with van der Waals surface area (Å²) in [5, 5.41) is 1.55. The molecule has 0 spiro atoms. The van der Waals surface area contributed by atoms with Gasteiger partial charge in [-0.05, 0) is 17.6 Å². The second kappa shape index (κ2) is 7.81. The molecule has 1 aromatic carbocycles. The van der Waals surface area contributed by atoms with E-state index in [1.807, 2.05) is 0 Å². The Kier molecular flexibility index (Phi) is 6.58. The van der Waals surface area contributed by atoms with Gasteiger partial charge in [0.15, 0.2) is 0 Å². The van der Waals surface area contributed by atoms with Crippen molar-refractivity contribution in [1.82, 2.24) is 0 Å². The molecule has 0 fully saturated rings. The molecule has 0 amide bonds. The topological polar surface area (TPSA) is 55.3 Å². The summed E-state index contributed by atoms with van der Waals surface area (Å²) in [5.74, 6) is 0. The monoisotopic (exact) mass is 226 g/mol. The molecular weight excluding hydrogens is 203 g/mol. The zero-order valence-corrected chi connectivity index (χ0v) is 10.4. The largest absolute Gasteiger partial charge is 0.358 e. The smallest absolute Gasteiger partial charge is 0.0743 e. The average Bonchev–Trinajstić information content (AvgIpc) is 2.30. The van der Waals surface area contributed by atoms with E-state index >= 15 is 0 Å². The van der Waals surface area contributed by atoms with Gasteiger partial charge in [-0.2, -0.15) is 0 Å². The van der Waals surface area contributed by atoms with Crippen LogP contribution in [-0.4, -0.2) is 25.4 Å². The Morgan fingerprint density at radius 1 is 0.867 bits per heavy atom. The van der Waals surface area contributed by atoms with Crippen LogP contribution in [0.15, 0.2) is 30.3 Å². The van der Waals surface area contributed by atoms with Crippen molar-refractivity contribution in [1.29, 1.82) is 0 Å². The van der Waals surface area contributed by atoms with Gasteiger partial charge in [-0.3, -0.25) is 0 Å². The Morgan fingerprint density at radius 2 is 1.40 bits per heavy atom. The van der Waals surface area contributed by atoms with E-state index in [-0.39, 0.29) is 7.92 Å². The van der Waals surface area contributed by atoms with Gasteiger partial charge >= 0.3 is 0 Å². The zero-order valence-electron chi connectivity index (χ0n) is 9.49. The second-order valence-electron chi connectivity index (χ2n) is 3.74. The van der Waals surface area contributed by atoms with Crippen molar-refractivity contribution in [3.8, 4) is 0 Å². The molecule has 15 heavy (non-hydrogen) atoms. The van der Waals surface area contributed by atoms with Gasteiger partial charge < -0.3 is 11.5 Å². The summed E-state index contributed by atoms with van der Waals surface area (Å²) >= 11 is 0. The number of quaternary nitrogens is 2. The number of hydrogen-bond donors (Lipinski definition) is 2. The molecule has 2 nitrogen and oxygen atoms in total. The zero-order chi connectivity index (χ0) is 10.9. The minimum absolute atomic E-state index is 0.0525. The number of rotatable bonds is 7. The summed E-state index contributed by atoms with van der Waals surface area (Å²) in [6.45, 7) is 2.13. The molecule has 0 heterocycles. The SMILES string of the molecule is [NH3+]CCCP(CCC[NH3+])c1ccccc1. The maximum Gasteiger partial charge on any atom is 0.0743 e. The minimum atomic E-state index is 0.0525. The van der Waals surface area contributed by atoms with Crippen molar-refractivity contribution in [2.45, 2.75) is 12.8 Å². The van der Waals surface area contributed by atoms with E-state index in [4.69, 9.17) is 0 Å². The van der Waals surface area contributed by atoms with Crippen molar-refractivity contribution in [3.05, 3.63) is 30.3 Å². The first-order valence-electron chi connectivity index (χ1n) is 5.77. The Balaban J connectivity index is 2.55. The van der Waals surface area contributed by atoms with Crippen LogP contribution in [0.5, 0.6) is 0 Å². The summed E-state index contributed by atoms with van der Waals surface area (Å²) < 4.78 is 0. The third-order valence-corrected chi connectivity index (χ3v) is 5.22. The molecule has 0 saturated heterocycles. The molecule has 1 aromatic rings. The Hall–Kier alpha value is -0.430. The van der Waals surface area contributed by atoms with Crippen molar-refractivity contribution in [2.75, 3.05) is 25.4 Å². The lowest BCUT2D eigenvalue weighted by Crippen LogP contribution is -2.50. The van der Waals surface area contributed by atoms with Gasteiger partial charge in [0.05, 0.1) is 13.1 Å². The van der Waals surface area contributed by atoms with Crippen LogP contribution in [0.25, 0.3) is 0 Å². The highest BCUT2D eigenvalue weighted by Crippen LogP contribution is 2.35. The summed E-state index contributed by atoms with van der Waals surface area (Å²) in [4.78, 5) is 0. The van der Waals surface area contributed by atoms with Gasteiger partial charge in [0, 0.05) is 12.8 Å². The Bertz CT molecular complexity index is 243. The quantitative estimate of drug-likeness (QED) is 0.618. The molecule has 0 aliphatic heterocycles. The number of benzene rings is 1. The van der Waals surface area contributed by atoms with Gasteiger partial charge in [0.25, 0.3) is 0 Å². The van der Waals surface area contributed by atoms with Crippen LogP contribution in [-0.2, 0) is 0 Å². The molecular formula is C12H23N2P+2. The van der Waals surface area contributed by atoms with Gasteiger partial charge in [-0.1, -0.05) is 38.3 Å². The molecule has 0 unspecified atom stereocenters. The van der Waals surface area contributed by atoms with Crippen LogP contribution in [0.2, 0.25) is 0 Å². The molecule has 0 aliphatic carbocycles. The summed E-state index contributed by atoms with van der Waals surface area (Å²) in [6.07, 6.45) is 5.20. The summed E-state index contributed by atoms with van der Waals surface area (Å²) in [7, 11) is 0.0525. The normalized spacial score (nSPS) is 10.9. The summed E-state index contributed by atoms with van der Waals surface area (Å²) in [5.41, 5.74) is 7.86. The van der Waals surface area contributed by atoms with E-state index in [0.29, 0.717) is 0 Å². The fraction of sp³-hybridized carbons (Fsp3) is 0.500. The first kappa shape index (κ1) is 12.6. The van der Waals surface area contributed by atoms with Crippen LogP contribution in [0, 0.1) is 0 Å². The fourth-order valence-corrected chi connectivity index (χ4v) is 4.16. The highest BCUT2D eigenvalue weighted by atomic mass is 31.1. The van der Waals surface area contributed by atoms with Gasteiger partial charge in [-0.15, -0.1) is 0 Å². The molecule has 0 bridgehead atoms. The predicted octanol–water partition coefficient (Wildman–Crippen LogP) is 0.0578. The van der Waals surface area contributed by atoms with E-state index < -0.39 is 0 Å². The molecule has 84 valence electrons. The minimum Gasteiger partial charge on any atom is -0.358 e. The van der Waals surface area contributed by atoms with Crippen molar-refractivity contribution < 1.29 is 11.5 Å². The fourth-order valence-electron chi connectivity index (χ4n) is 1.61. The van der Waals surface area contributed by atoms with E-state index in [1.165, 1.54) is 25.2 Å². The third-order valence-electron chi connectivity index (χ3n) is 2.48. The summed E-state index contributed by atoms with van der Waals surface area (Å²) in [6, 6.07) is 11.0. The van der Waals surface area contributed by atoms with Gasteiger partial charge in [0.1, 0.15) is 0 Å². The van der Waals surface area contributed by atoms with E-state index in [9.17, 15) is 0 Å². The van der Waals surface area contributed by atoms with Crippen molar-refractivity contribution >= 4 is 13.2 Å². The first-order chi connectivity index (χ1) is 7.38. The van der Waals surface area contributed by atoms with E-state index in [2.05, 4.69) is 41.8 Å². The van der Waals surface area contributed by atoms with Crippen LogP contribution in [0.3, 0.4) is 0 Å². The van der Waals surface area contributed by atoms with Gasteiger partial charge in [-0.25, -0.2) is 0 Å². The van der Waals surface area contributed by atoms with E-state index in [0.717, 1.165) is 13.1 Å². The van der Waals surface area contributed by atoms with Crippen LogP contribution < -0.4 is 16.8 Å². The molecule has 0 radical (unpaired) electrons. The third kappa shape index (κ3) is 4.74. The first-order valence-corrected chi connectivity index (χ1v) is 7.48. The standard InChI is InChI=1S/C12H21N2P/c13-8-4-10-15(11-5-9-14)12-6-2-1-3-7-12/h1-3,6-7H,4-5,8-11,13-14H2/p+2. The highest BCUT2D eigenvalue weighted by Gasteiger charge is 2.09. The van der Waals surface area contributed by atoms with Crippen LogP contribution in [0.4, 0.5) is 0 Å². The maximum absolute atomic E-state index is 3.93. The predicted molar refractivity (Wildman–Crippen MR) is 67.5 cm³/mol. The molecule has 3 heteroatoms. The lowest BCUT2D eigenvalue weighted by atomic mass is 10.4. The maximum atomic E-state index is 3.93. The lowest BCUT2D eigenvalue weighted by molar-refractivity contribution is -0.367. The van der Waals surface area contributed by atoms with Crippen LogP contribution in [0.1, 0.15) is 12.8 Å². The molecule has 0 aliphatic rings. The van der Waals surface area contributed by atoms with Gasteiger partial charge in [0.2, 0.25) is 0 Å². The Labute approximate surface area is 93.8 Å². The lowest BCUT2D eigenvalue weighted by Gasteiger charge is -2.16. The average molecular weight is 226 g/mol. The molecule has 6 N–H and O–H groups in total. The van der Waals surface area contributed by atoms with Crippen LogP contribution >= 0.6 is 7.92 Å². The van der Waals surface area contributed by atoms with Crippen molar-refractivity contribution in [2.24, 2.45) is 0 Å². The highest BCUT2D eigenvalue weighted by molar-refractivity contribution is 7.65. The van der Waals surface area contributed by atoms with Crippen molar-refractivity contribution in [3.63, 3.8) is 0 Å². The number of hydrogen-bond acceptors (Lipinski definition) is 0. The van der Waals surface area contributed by atoms with E-state index in [1.54, 1.807) is 5.30 Å². The molecule has 0 atom stereocenters. The molecule has 0 aromatic heterocycles.